The lowest BCUT2D eigenvalue weighted by Gasteiger charge is -2.33. The number of hydrogen-bond acceptors (Lipinski definition) is 3. The van der Waals surface area contributed by atoms with E-state index in [1.54, 1.807) is 20.1 Å². The van der Waals surface area contributed by atoms with Crippen LogP contribution < -0.4 is 10.2 Å². The zero-order chi connectivity index (χ0) is 12.9. The molecule has 1 saturated heterocycles. The second-order valence-electron chi connectivity index (χ2n) is 4.87. The molecule has 1 aromatic carbocycles. The van der Waals surface area contributed by atoms with Crippen LogP contribution in [0, 0.1) is 12.7 Å². The average molecular weight is 250 g/mol. The third-order valence-electron chi connectivity index (χ3n) is 3.74. The molecule has 0 saturated carbocycles. The van der Waals surface area contributed by atoms with Gasteiger partial charge in [0, 0.05) is 20.1 Å². The summed E-state index contributed by atoms with van der Waals surface area (Å²) < 4.78 is 18.9. The van der Waals surface area contributed by atoms with E-state index >= 15 is 0 Å². The molecule has 0 bridgehead atoms. The first-order chi connectivity index (χ1) is 8.60. The van der Waals surface area contributed by atoms with E-state index in [1.807, 2.05) is 4.90 Å². The molecule has 2 unspecified atom stereocenters. The highest BCUT2D eigenvalue weighted by Crippen LogP contribution is 2.38. The molecule has 0 spiro atoms. The zero-order valence-corrected chi connectivity index (χ0v) is 10.4. The molecule has 5 heteroatoms. The Bertz CT molecular complexity index is 518. The Morgan fingerprint density at radius 1 is 1.50 bits per heavy atom. The number of nitrogens with one attached hydrogen (secondary N) is 1. The molecule has 2 aliphatic rings. The first-order valence-corrected chi connectivity index (χ1v) is 6.00. The van der Waals surface area contributed by atoms with Crippen LogP contribution in [0.5, 0.6) is 0 Å². The van der Waals surface area contributed by atoms with Crippen molar-refractivity contribution in [3.63, 3.8) is 0 Å². The minimum atomic E-state index is -0.296. The van der Waals surface area contributed by atoms with Gasteiger partial charge in [0.05, 0.1) is 17.5 Å². The van der Waals surface area contributed by atoms with Crippen molar-refractivity contribution in [2.24, 2.45) is 0 Å². The number of halogens is 1. The van der Waals surface area contributed by atoms with Crippen LogP contribution in [0.15, 0.2) is 12.1 Å². The number of carbonyl (C=O) groups excluding carboxylic acids is 1. The van der Waals surface area contributed by atoms with Gasteiger partial charge in [-0.15, -0.1) is 0 Å². The molecule has 0 aliphatic carbocycles. The molecule has 0 aromatic heterocycles. The summed E-state index contributed by atoms with van der Waals surface area (Å²) in [7, 11) is 1.65. The summed E-state index contributed by atoms with van der Waals surface area (Å²) in [6.07, 6.45) is 0.732. The molecule has 2 atom stereocenters. The zero-order valence-electron chi connectivity index (χ0n) is 10.4. The molecule has 1 fully saturated rings. The van der Waals surface area contributed by atoms with Crippen LogP contribution >= 0.6 is 0 Å². The first kappa shape index (κ1) is 11.5. The van der Waals surface area contributed by atoms with E-state index in [0.29, 0.717) is 24.2 Å². The van der Waals surface area contributed by atoms with Crippen molar-refractivity contribution in [2.75, 3.05) is 23.9 Å². The second kappa shape index (κ2) is 3.95. The lowest BCUT2D eigenvalue weighted by molar-refractivity contribution is -0.117. The highest BCUT2D eigenvalue weighted by molar-refractivity contribution is 6.04. The van der Waals surface area contributed by atoms with Gasteiger partial charge in [-0.05, 0) is 24.6 Å². The molecule has 1 N–H and O–H groups in total. The van der Waals surface area contributed by atoms with Gasteiger partial charge < -0.3 is 15.0 Å². The molecule has 1 aromatic rings. The average Bonchev–Trinajstić information content (AvgIpc) is 2.77. The van der Waals surface area contributed by atoms with Gasteiger partial charge in [0.1, 0.15) is 11.9 Å². The fourth-order valence-electron chi connectivity index (χ4n) is 2.70. The molecule has 18 heavy (non-hydrogen) atoms. The van der Waals surface area contributed by atoms with Crippen LogP contribution in [-0.2, 0) is 9.53 Å². The van der Waals surface area contributed by atoms with Crippen LogP contribution in [0.1, 0.15) is 12.0 Å². The second-order valence-corrected chi connectivity index (χ2v) is 4.87. The van der Waals surface area contributed by atoms with E-state index in [0.717, 1.165) is 5.69 Å². The maximum absolute atomic E-state index is 13.5. The normalized spacial score (nSPS) is 25.7. The highest BCUT2D eigenvalue weighted by atomic mass is 19.1. The summed E-state index contributed by atoms with van der Waals surface area (Å²) in [6.45, 7) is 2.40. The monoisotopic (exact) mass is 250 g/mol. The predicted molar refractivity (Wildman–Crippen MR) is 66.3 cm³/mol. The van der Waals surface area contributed by atoms with Gasteiger partial charge in [0.15, 0.2) is 0 Å². The van der Waals surface area contributed by atoms with Gasteiger partial charge in [0.25, 0.3) is 0 Å². The highest BCUT2D eigenvalue weighted by Gasteiger charge is 2.41. The summed E-state index contributed by atoms with van der Waals surface area (Å²) >= 11 is 0. The molecule has 1 amide bonds. The Morgan fingerprint density at radius 3 is 3.00 bits per heavy atom. The molecule has 0 radical (unpaired) electrons. The lowest BCUT2D eigenvalue weighted by Crippen LogP contribution is -2.44. The molecule has 3 rings (SSSR count). The Labute approximate surface area is 105 Å². The van der Waals surface area contributed by atoms with Gasteiger partial charge in [-0.2, -0.15) is 0 Å². The number of methoxy groups -OCH3 is 1. The van der Waals surface area contributed by atoms with Gasteiger partial charge in [-0.25, -0.2) is 4.39 Å². The van der Waals surface area contributed by atoms with Gasteiger partial charge in [0.2, 0.25) is 5.91 Å². The number of ether oxygens (including phenoxy) is 1. The Hall–Kier alpha value is -1.62. The van der Waals surface area contributed by atoms with Crippen LogP contribution in [0.4, 0.5) is 15.8 Å². The maximum Gasteiger partial charge on any atom is 0.247 e. The van der Waals surface area contributed by atoms with Crippen molar-refractivity contribution in [3.8, 4) is 0 Å². The fourth-order valence-corrected chi connectivity index (χ4v) is 2.70. The van der Waals surface area contributed by atoms with Gasteiger partial charge in [-0.1, -0.05) is 0 Å². The third-order valence-corrected chi connectivity index (χ3v) is 3.74. The Kier molecular flexibility index (Phi) is 2.52. The quantitative estimate of drug-likeness (QED) is 0.824. The first-order valence-electron chi connectivity index (χ1n) is 6.00. The summed E-state index contributed by atoms with van der Waals surface area (Å²) in [5, 5.41) is 2.77. The third kappa shape index (κ3) is 1.58. The topological polar surface area (TPSA) is 41.6 Å². The number of rotatable bonds is 1. The van der Waals surface area contributed by atoms with Crippen LogP contribution in [-0.4, -0.2) is 31.7 Å². The molecular weight excluding hydrogens is 235 g/mol. The van der Waals surface area contributed by atoms with Gasteiger partial charge >= 0.3 is 0 Å². The van der Waals surface area contributed by atoms with E-state index in [2.05, 4.69) is 5.32 Å². The molecular formula is C13H15FN2O2. The largest absolute Gasteiger partial charge is 0.380 e. The molecule has 96 valence electrons. The van der Waals surface area contributed by atoms with Crippen molar-refractivity contribution >= 4 is 17.3 Å². The van der Waals surface area contributed by atoms with E-state index in [1.165, 1.54) is 6.07 Å². The number of carbonyl (C=O) groups is 1. The van der Waals surface area contributed by atoms with Crippen molar-refractivity contribution in [1.29, 1.82) is 0 Å². The van der Waals surface area contributed by atoms with Crippen LogP contribution in [0.3, 0.4) is 0 Å². The minimum absolute atomic E-state index is 0.0528. The Balaban J connectivity index is 2.05. The maximum atomic E-state index is 13.5. The summed E-state index contributed by atoms with van der Waals surface area (Å²) in [5.74, 6) is -0.375. The summed E-state index contributed by atoms with van der Waals surface area (Å²) in [5.41, 5.74) is 2.03. The van der Waals surface area contributed by atoms with Gasteiger partial charge in [-0.3, -0.25) is 4.79 Å². The number of fused-ring (bicyclic) bond motifs is 3. The number of anilines is 2. The van der Waals surface area contributed by atoms with Crippen molar-refractivity contribution in [2.45, 2.75) is 25.5 Å². The van der Waals surface area contributed by atoms with Crippen LogP contribution in [0.2, 0.25) is 0 Å². The summed E-state index contributed by atoms with van der Waals surface area (Å²) in [6, 6.07) is 2.97. The van der Waals surface area contributed by atoms with Crippen LogP contribution in [0.25, 0.3) is 0 Å². The van der Waals surface area contributed by atoms with E-state index in [9.17, 15) is 9.18 Å². The standard InChI is InChI=1S/C13H15FN2O2/c1-7-3-11-10(5-9(7)14)15-13(17)12-4-8(18-2)6-16(11)12/h3,5,8,12H,4,6H2,1-2H3,(H,15,17). The minimum Gasteiger partial charge on any atom is -0.380 e. The van der Waals surface area contributed by atoms with E-state index in [-0.39, 0.29) is 23.9 Å². The number of aryl methyl sites for hydroxylation is 1. The SMILES string of the molecule is COC1CC2C(=O)Nc3cc(F)c(C)cc3N2C1. The number of benzene rings is 1. The smallest absolute Gasteiger partial charge is 0.247 e. The summed E-state index contributed by atoms with van der Waals surface area (Å²) in [4.78, 5) is 14.0. The molecule has 2 heterocycles. The number of amides is 1. The fraction of sp³-hybridized carbons (Fsp3) is 0.462. The molecule has 4 nitrogen and oxygen atoms in total. The van der Waals surface area contributed by atoms with Crippen molar-refractivity contribution in [3.05, 3.63) is 23.5 Å². The predicted octanol–water partition coefficient (Wildman–Crippen LogP) is 1.68. The van der Waals surface area contributed by atoms with Crippen molar-refractivity contribution in [1.82, 2.24) is 0 Å². The Morgan fingerprint density at radius 2 is 2.28 bits per heavy atom. The number of hydrogen-bond donors (Lipinski definition) is 1. The van der Waals surface area contributed by atoms with E-state index in [4.69, 9.17) is 4.74 Å². The number of nitrogens with zero attached hydrogens (tertiary/aromatic N) is 1. The lowest BCUT2D eigenvalue weighted by atomic mass is 10.1. The van der Waals surface area contributed by atoms with E-state index < -0.39 is 0 Å². The van der Waals surface area contributed by atoms with Crippen molar-refractivity contribution < 1.29 is 13.9 Å². The molecule has 2 aliphatic heterocycles.